The van der Waals surface area contributed by atoms with Gasteiger partial charge in [0.2, 0.25) is 0 Å². The number of hydrogen-bond acceptors (Lipinski definition) is 1. The van der Waals surface area contributed by atoms with Gasteiger partial charge in [0.15, 0.2) is 0 Å². The van der Waals surface area contributed by atoms with Gasteiger partial charge in [0.1, 0.15) is 0 Å². The van der Waals surface area contributed by atoms with E-state index in [4.69, 9.17) is 0 Å². The van der Waals surface area contributed by atoms with Crippen LogP contribution < -0.4 is 0 Å². The van der Waals surface area contributed by atoms with Gasteiger partial charge >= 0.3 is 0 Å². The molecule has 14 heavy (non-hydrogen) atoms. The third-order valence-corrected chi connectivity index (χ3v) is 3.11. The molecule has 0 unspecified atom stereocenters. The highest BCUT2D eigenvalue weighted by atomic mass is 15.1. The molecule has 0 spiro atoms. The molecule has 0 aliphatic carbocycles. The standard InChI is InChI=1S/C13H29N/c1-7-14(6)11-10-13(4,5)9-8-12(2)3/h12H,7-11H2,1-6H3. The van der Waals surface area contributed by atoms with Crippen LogP contribution in [0, 0.1) is 11.3 Å². The smallest absolute Gasteiger partial charge is 0.00168 e. The van der Waals surface area contributed by atoms with E-state index in [1.165, 1.54) is 32.4 Å². The van der Waals surface area contributed by atoms with Crippen LogP contribution in [0.3, 0.4) is 0 Å². The number of rotatable bonds is 7. The third kappa shape index (κ3) is 7.37. The molecule has 0 heterocycles. The molecule has 86 valence electrons. The van der Waals surface area contributed by atoms with Crippen LogP contribution in [-0.2, 0) is 0 Å². The van der Waals surface area contributed by atoms with E-state index in [2.05, 4.69) is 46.6 Å². The van der Waals surface area contributed by atoms with E-state index in [0.717, 1.165) is 5.92 Å². The van der Waals surface area contributed by atoms with Crippen molar-refractivity contribution in [3.05, 3.63) is 0 Å². The van der Waals surface area contributed by atoms with Crippen molar-refractivity contribution in [2.24, 2.45) is 11.3 Å². The quantitative estimate of drug-likeness (QED) is 0.603. The van der Waals surface area contributed by atoms with Crippen LogP contribution >= 0.6 is 0 Å². The minimum atomic E-state index is 0.522. The normalized spacial score (nSPS) is 12.9. The Morgan fingerprint density at radius 1 is 1.14 bits per heavy atom. The Morgan fingerprint density at radius 3 is 2.14 bits per heavy atom. The molecular weight excluding hydrogens is 170 g/mol. The molecule has 1 nitrogen and oxygen atoms in total. The molecule has 0 bridgehead atoms. The van der Waals surface area contributed by atoms with E-state index in [1.54, 1.807) is 0 Å². The highest BCUT2D eigenvalue weighted by Gasteiger charge is 2.18. The SMILES string of the molecule is CCN(C)CCC(C)(C)CCC(C)C. The summed E-state index contributed by atoms with van der Waals surface area (Å²) in [6.07, 6.45) is 4.05. The fourth-order valence-corrected chi connectivity index (χ4v) is 1.46. The molecule has 0 atom stereocenters. The van der Waals surface area contributed by atoms with Crippen LogP contribution in [0.4, 0.5) is 0 Å². The fraction of sp³-hybridized carbons (Fsp3) is 1.00. The molecule has 0 aliphatic rings. The van der Waals surface area contributed by atoms with Crippen LogP contribution in [0.1, 0.15) is 53.9 Å². The summed E-state index contributed by atoms with van der Waals surface area (Å²) in [5, 5.41) is 0. The molecule has 0 aromatic rings. The predicted molar refractivity (Wildman–Crippen MR) is 65.6 cm³/mol. The first-order chi connectivity index (χ1) is 6.37. The van der Waals surface area contributed by atoms with E-state index >= 15 is 0 Å². The number of hydrogen-bond donors (Lipinski definition) is 0. The Morgan fingerprint density at radius 2 is 1.71 bits per heavy atom. The van der Waals surface area contributed by atoms with Gasteiger partial charge in [-0.1, -0.05) is 41.0 Å². The van der Waals surface area contributed by atoms with Gasteiger partial charge in [0.25, 0.3) is 0 Å². The van der Waals surface area contributed by atoms with Crippen molar-refractivity contribution in [2.75, 3.05) is 20.1 Å². The van der Waals surface area contributed by atoms with Crippen molar-refractivity contribution >= 4 is 0 Å². The monoisotopic (exact) mass is 199 g/mol. The Hall–Kier alpha value is -0.0400. The summed E-state index contributed by atoms with van der Waals surface area (Å²) in [7, 11) is 2.21. The molecule has 0 radical (unpaired) electrons. The van der Waals surface area contributed by atoms with Crippen LogP contribution in [0.5, 0.6) is 0 Å². The summed E-state index contributed by atoms with van der Waals surface area (Å²) < 4.78 is 0. The molecule has 0 rings (SSSR count). The molecule has 0 aliphatic heterocycles. The molecule has 0 aromatic heterocycles. The Labute approximate surface area is 90.9 Å². The Balaban J connectivity index is 3.71. The van der Waals surface area contributed by atoms with Crippen molar-refractivity contribution < 1.29 is 0 Å². The molecule has 0 aromatic carbocycles. The van der Waals surface area contributed by atoms with Crippen molar-refractivity contribution in [3.8, 4) is 0 Å². The summed E-state index contributed by atoms with van der Waals surface area (Å²) in [6, 6.07) is 0. The van der Waals surface area contributed by atoms with Crippen LogP contribution in [0.2, 0.25) is 0 Å². The molecule has 1 heteroatoms. The molecule has 0 N–H and O–H groups in total. The second-order valence-electron chi connectivity index (χ2n) is 5.74. The maximum absolute atomic E-state index is 2.40. The summed E-state index contributed by atoms with van der Waals surface area (Å²) >= 11 is 0. The predicted octanol–water partition coefficient (Wildman–Crippen LogP) is 3.79. The zero-order chi connectivity index (χ0) is 11.2. The van der Waals surface area contributed by atoms with Gasteiger partial charge in [-0.3, -0.25) is 0 Å². The van der Waals surface area contributed by atoms with Crippen LogP contribution in [-0.4, -0.2) is 25.0 Å². The Bertz CT molecular complexity index is 138. The lowest BCUT2D eigenvalue weighted by Crippen LogP contribution is -2.24. The van der Waals surface area contributed by atoms with E-state index in [0.29, 0.717) is 5.41 Å². The zero-order valence-electron chi connectivity index (χ0n) is 11.1. The van der Waals surface area contributed by atoms with Crippen molar-refractivity contribution in [1.82, 2.24) is 4.90 Å². The maximum atomic E-state index is 2.40. The molecular formula is C13H29N. The molecule has 0 saturated heterocycles. The van der Waals surface area contributed by atoms with Crippen LogP contribution in [0.15, 0.2) is 0 Å². The molecule has 0 saturated carbocycles. The minimum Gasteiger partial charge on any atom is -0.307 e. The van der Waals surface area contributed by atoms with Gasteiger partial charge < -0.3 is 4.90 Å². The van der Waals surface area contributed by atoms with E-state index in [1.807, 2.05) is 0 Å². The third-order valence-electron chi connectivity index (χ3n) is 3.11. The number of nitrogens with zero attached hydrogens (tertiary/aromatic N) is 1. The highest BCUT2D eigenvalue weighted by Crippen LogP contribution is 2.28. The summed E-state index contributed by atoms with van der Waals surface area (Å²) in [6.45, 7) is 14.1. The van der Waals surface area contributed by atoms with Gasteiger partial charge in [-0.25, -0.2) is 0 Å². The highest BCUT2D eigenvalue weighted by molar-refractivity contribution is 4.70. The first-order valence-corrected chi connectivity index (χ1v) is 6.06. The van der Waals surface area contributed by atoms with Gasteiger partial charge in [0, 0.05) is 0 Å². The second-order valence-corrected chi connectivity index (χ2v) is 5.74. The van der Waals surface area contributed by atoms with Crippen molar-refractivity contribution in [2.45, 2.75) is 53.9 Å². The summed E-state index contributed by atoms with van der Waals surface area (Å²) in [4.78, 5) is 2.40. The first kappa shape index (κ1) is 14.0. The first-order valence-electron chi connectivity index (χ1n) is 6.06. The lowest BCUT2D eigenvalue weighted by atomic mass is 9.82. The topological polar surface area (TPSA) is 3.24 Å². The fourth-order valence-electron chi connectivity index (χ4n) is 1.46. The molecule has 0 amide bonds. The zero-order valence-corrected chi connectivity index (χ0v) is 11.1. The average Bonchev–Trinajstić information content (AvgIpc) is 2.11. The van der Waals surface area contributed by atoms with Crippen molar-refractivity contribution in [3.63, 3.8) is 0 Å². The van der Waals surface area contributed by atoms with Gasteiger partial charge in [-0.2, -0.15) is 0 Å². The summed E-state index contributed by atoms with van der Waals surface area (Å²) in [5.41, 5.74) is 0.522. The van der Waals surface area contributed by atoms with Gasteiger partial charge in [0.05, 0.1) is 0 Å². The van der Waals surface area contributed by atoms with Crippen molar-refractivity contribution in [1.29, 1.82) is 0 Å². The lowest BCUT2D eigenvalue weighted by Gasteiger charge is -2.27. The Kier molecular flexibility index (Phi) is 6.43. The maximum Gasteiger partial charge on any atom is -0.00168 e. The largest absolute Gasteiger partial charge is 0.307 e. The van der Waals surface area contributed by atoms with Gasteiger partial charge in [-0.05, 0) is 44.3 Å². The van der Waals surface area contributed by atoms with Gasteiger partial charge in [-0.15, -0.1) is 0 Å². The summed E-state index contributed by atoms with van der Waals surface area (Å²) in [5.74, 6) is 0.846. The molecule has 0 fully saturated rings. The van der Waals surface area contributed by atoms with E-state index < -0.39 is 0 Å². The average molecular weight is 199 g/mol. The van der Waals surface area contributed by atoms with Crippen LogP contribution in [0.25, 0.3) is 0 Å². The minimum absolute atomic E-state index is 0.522. The van der Waals surface area contributed by atoms with E-state index in [-0.39, 0.29) is 0 Å². The lowest BCUT2D eigenvalue weighted by molar-refractivity contribution is 0.230. The second kappa shape index (κ2) is 6.44. The van der Waals surface area contributed by atoms with E-state index in [9.17, 15) is 0 Å².